The first-order valence-corrected chi connectivity index (χ1v) is 13.9. The molecule has 0 unspecified atom stereocenters. The van der Waals surface area contributed by atoms with Crippen molar-refractivity contribution in [2.75, 3.05) is 26.2 Å². The number of hydrogen-bond acceptors (Lipinski definition) is 4. The molecule has 0 saturated carbocycles. The number of fused-ring (bicyclic) bond motifs is 1. The van der Waals surface area contributed by atoms with Gasteiger partial charge in [-0.3, -0.25) is 18.8 Å². The van der Waals surface area contributed by atoms with Crippen LogP contribution in [0.4, 0.5) is 17.6 Å². The summed E-state index contributed by atoms with van der Waals surface area (Å²) in [5, 5.41) is 0.387. The number of aromatic nitrogens is 2. The highest BCUT2D eigenvalue weighted by Crippen LogP contribution is 2.33. The molecule has 8 nitrogen and oxygen atoms in total. The van der Waals surface area contributed by atoms with Gasteiger partial charge in [0, 0.05) is 57.1 Å². The number of aromatic amines is 1. The van der Waals surface area contributed by atoms with E-state index in [2.05, 4.69) is 4.98 Å². The van der Waals surface area contributed by atoms with Crippen LogP contribution in [0.5, 0.6) is 0 Å². The lowest BCUT2D eigenvalue weighted by Crippen LogP contribution is -2.62. The lowest BCUT2D eigenvalue weighted by Gasteiger charge is -2.45. The van der Waals surface area contributed by atoms with Crippen LogP contribution in [-0.2, 0) is 16.1 Å². The number of piperidine rings is 2. The Labute approximate surface area is 238 Å². The lowest BCUT2D eigenvalue weighted by molar-refractivity contribution is -1.11. The molecule has 0 bridgehead atoms. The number of quaternary nitrogens is 1. The van der Waals surface area contributed by atoms with Crippen molar-refractivity contribution in [3.8, 4) is 0 Å². The molecule has 0 radical (unpaired) electrons. The summed E-state index contributed by atoms with van der Waals surface area (Å²) in [6.45, 7) is 2.75. The number of hydroxylamine groups is 3. The molecular formula is C28H30ClF4N4O4+. The summed E-state index contributed by atoms with van der Waals surface area (Å²) in [7, 11) is 0. The van der Waals surface area contributed by atoms with E-state index in [-0.39, 0.29) is 41.3 Å². The Kier molecular flexibility index (Phi) is 7.90. The first kappa shape index (κ1) is 29.1. The van der Waals surface area contributed by atoms with Crippen molar-refractivity contribution in [1.82, 2.24) is 14.3 Å². The molecule has 2 saturated heterocycles. The Balaban J connectivity index is 1.32. The van der Waals surface area contributed by atoms with Gasteiger partial charge < -0.3 is 9.88 Å². The minimum absolute atomic E-state index is 0.123. The summed E-state index contributed by atoms with van der Waals surface area (Å²) in [5.74, 6) is -3.42. The average Bonchev–Trinajstić information content (AvgIpc) is 3.25. The topological polar surface area (TPSA) is 83.9 Å². The summed E-state index contributed by atoms with van der Waals surface area (Å²) in [6, 6.07) is 5.52. The van der Waals surface area contributed by atoms with Crippen molar-refractivity contribution >= 4 is 29.0 Å². The van der Waals surface area contributed by atoms with E-state index in [1.807, 2.05) is 0 Å². The third-order valence-electron chi connectivity index (χ3n) is 8.14. The summed E-state index contributed by atoms with van der Waals surface area (Å²) in [5.41, 5.74) is 1.95. The maximum Gasteiger partial charge on any atom is 0.497 e. The van der Waals surface area contributed by atoms with Gasteiger partial charge >= 0.3 is 12.1 Å². The molecule has 0 spiro atoms. The summed E-state index contributed by atoms with van der Waals surface area (Å²) in [4.78, 5) is 46.6. The summed E-state index contributed by atoms with van der Waals surface area (Å²) >= 11 is 6.43. The van der Waals surface area contributed by atoms with Crippen LogP contribution in [0.1, 0.15) is 59.3 Å². The molecule has 13 heteroatoms. The first-order valence-electron chi connectivity index (χ1n) is 13.5. The Bertz CT molecular complexity index is 1540. The molecule has 2 aliphatic heterocycles. The Morgan fingerprint density at radius 3 is 2.46 bits per heavy atom. The number of nitrogens with one attached hydrogen (secondary N) is 1. The molecule has 2 aliphatic rings. The zero-order chi connectivity index (χ0) is 29.5. The highest BCUT2D eigenvalue weighted by Gasteiger charge is 2.51. The van der Waals surface area contributed by atoms with E-state index >= 15 is 0 Å². The van der Waals surface area contributed by atoms with Crippen molar-refractivity contribution in [1.29, 1.82) is 0 Å². The zero-order valence-corrected chi connectivity index (χ0v) is 23.2. The minimum Gasteiger partial charge on any atom is -0.338 e. The van der Waals surface area contributed by atoms with Gasteiger partial charge in [0.1, 0.15) is 35.6 Å². The number of benzene rings is 1. The average molecular weight is 598 g/mol. The first-order chi connectivity index (χ1) is 19.4. The number of carbonyl (C=O) groups excluding carboxylic acids is 2. The standard InChI is InChI=1S/C28H29ClF4N4O4/c1-17-13-23-25(38)34-16-19(36(23)24(17)29)14-18-5-6-22(30)21(15-18)26(39)35-9-7-20(8-10-35)37(11-3-2-4-12-37)41-27(40)28(31,32)33/h5-6,13,15-16,20H,2-4,7-12,14H2,1H3/p+1. The van der Waals surface area contributed by atoms with E-state index in [4.69, 9.17) is 16.4 Å². The zero-order valence-electron chi connectivity index (χ0n) is 22.4. The van der Waals surface area contributed by atoms with Crippen LogP contribution in [-0.4, -0.2) is 69.2 Å². The van der Waals surface area contributed by atoms with E-state index in [1.165, 1.54) is 23.2 Å². The largest absolute Gasteiger partial charge is 0.497 e. The van der Waals surface area contributed by atoms with Crippen molar-refractivity contribution in [3.05, 3.63) is 74.2 Å². The second kappa shape index (κ2) is 11.1. The monoisotopic (exact) mass is 597 g/mol. The predicted molar refractivity (Wildman–Crippen MR) is 142 cm³/mol. The molecule has 2 fully saturated rings. The van der Waals surface area contributed by atoms with Crippen molar-refractivity contribution in [3.63, 3.8) is 0 Å². The van der Waals surface area contributed by atoms with E-state index in [1.54, 1.807) is 23.5 Å². The van der Waals surface area contributed by atoms with Gasteiger partial charge in [-0.25, -0.2) is 9.18 Å². The van der Waals surface area contributed by atoms with Gasteiger partial charge in [-0.05, 0) is 42.7 Å². The van der Waals surface area contributed by atoms with Gasteiger partial charge in [0.2, 0.25) is 0 Å². The molecule has 0 atom stereocenters. The molecule has 3 aromatic rings. The summed E-state index contributed by atoms with van der Waals surface area (Å²) in [6.07, 6.45) is -0.547. The van der Waals surface area contributed by atoms with Crippen LogP contribution in [0.15, 0.2) is 35.3 Å². The van der Waals surface area contributed by atoms with Gasteiger partial charge in [0.15, 0.2) is 0 Å². The van der Waals surface area contributed by atoms with Gasteiger partial charge in [0.05, 0.1) is 5.56 Å². The van der Waals surface area contributed by atoms with Gasteiger partial charge in [0.25, 0.3) is 11.5 Å². The second-order valence-corrected chi connectivity index (χ2v) is 11.2. The van der Waals surface area contributed by atoms with Crippen LogP contribution >= 0.6 is 11.6 Å². The molecule has 41 heavy (non-hydrogen) atoms. The Hall–Kier alpha value is -3.38. The minimum atomic E-state index is -5.09. The Morgan fingerprint density at radius 1 is 1.12 bits per heavy atom. The summed E-state index contributed by atoms with van der Waals surface area (Å²) < 4.78 is 55.2. The maximum atomic E-state index is 14.9. The highest BCUT2D eigenvalue weighted by atomic mass is 35.5. The van der Waals surface area contributed by atoms with Crippen LogP contribution in [0.25, 0.3) is 5.52 Å². The van der Waals surface area contributed by atoms with Crippen molar-refractivity contribution in [2.24, 2.45) is 0 Å². The third kappa shape index (κ3) is 5.72. The van der Waals surface area contributed by atoms with Crippen molar-refractivity contribution in [2.45, 2.75) is 57.7 Å². The predicted octanol–water partition coefficient (Wildman–Crippen LogP) is 4.95. The van der Waals surface area contributed by atoms with Gasteiger partial charge in [-0.1, -0.05) is 17.7 Å². The number of carbonyl (C=O) groups is 2. The molecular weight excluding hydrogens is 568 g/mol. The molecule has 1 N–H and O–H groups in total. The van der Waals surface area contributed by atoms with Crippen LogP contribution < -0.4 is 5.56 Å². The second-order valence-electron chi connectivity index (χ2n) is 10.8. The number of rotatable bonds is 5. The van der Waals surface area contributed by atoms with Gasteiger partial charge in [-0.2, -0.15) is 13.2 Å². The fourth-order valence-corrected chi connectivity index (χ4v) is 6.29. The van der Waals surface area contributed by atoms with E-state index in [0.717, 1.165) is 12.0 Å². The van der Waals surface area contributed by atoms with Crippen LogP contribution in [0.2, 0.25) is 5.15 Å². The molecule has 2 aromatic heterocycles. The SMILES string of the molecule is Cc1cc2c(=O)[nH]cc(Cc3ccc(F)c(C(=O)N4CCC([N+]5(OC(=O)C(F)(F)F)CCCCC5)CC4)c3)n2c1Cl. The van der Waals surface area contributed by atoms with Crippen LogP contribution in [0, 0.1) is 12.7 Å². The molecule has 5 rings (SSSR count). The molecule has 4 heterocycles. The molecule has 1 aromatic carbocycles. The lowest BCUT2D eigenvalue weighted by atomic mass is 9.98. The number of H-pyrrole nitrogens is 1. The normalized spacial score (nSPS) is 18.0. The Morgan fingerprint density at radius 2 is 1.80 bits per heavy atom. The van der Waals surface area contributed by atoms with Crippen molar-refractivity contribution < 1.29 is 36.6 Å². The number of amides is 1. The number of aryl methyl sites for hydroxylation is 1. The molecule has 0 aliphatic carbocycles. The fourth-order valence-electron chi connectivity index (χ4n) is 6.04. The third-order valence-corrected chi connectivity index (χ3v) is 8.61. The number of hydrogen-bond donors (Lipinski definition) is 1. The molecule has 1 amide bonds. The fraction of sp³-hybridized carbons (Fsp3) is 0.464. The quantitative estimate of drug-likeness (QED) is 0.333. The van der Waals surface area contributed by atoms with E-state index in [9.17, 15) is 31.9 Å². The van der Waals surface area contributed by atoms with E-state index < -0.39 is 23.9 Å². The number of halogens is 5. The maximum absolute atomic E-state index is 14.9. The smallest absolute Gasteiger partial charge is 0.338 e. The number of alkyl halides is 3. The van der Waals surface area contributed by atoms with Crippen LogP contribution in [0.3, 0.4) is 0 Å². The van der Waals surface area contributed by atoms with E-state index in [0.29, 0.717) is 60.7 Å². The molecule has 220 valence electrons. The number of nitrogens with zero attached hydrogens (tertiary/aromatic N) is 3. The van der Waals surface area contributed by atoms with Gasteiger partial charge in [-0.15, -0.1) is 4.65 Å². The highest BCUT2D eigenvalue weighted by molar-refractivity contribution is 6.30. The number of likely N-dealkylation sites (tertiary alicyclic amines) is 2.